The Bertz CT molecular complexity index is 518. The van der Waals surface area contributed by atoms with Crippen molar-refractivity contribution in [1.82, 2.24) is 9.88 Å². The van der Waals surface area contributed by atoms with E-state index in [2.05, 4.69) is 5.32 Å². The van der Waals surface area contributed by atoms with E-state index in [4.69, 9.17) is 10.2 Å². The second kappa shape index (κ2) is 4.86. The van der Waals surface area contributed by atoms with Crippen molar-refractivity contribution in [1.29, 1.82) is 0 Å². The minimum atomic E-state index is -3.82. The van der Waals surface area contributed by atoms with Crippen LogP contribution in [0.1, 0.15) is 17.4 Å². The zero-order valence-electron chi connectivity index (χ0n) is 9.54. The summed E-state index contributed by atoms with van der Waals surface area (Å²) in [6, 6.07) is 1.19. The first-order valence-corrected chi connectivity index (χ1v) is 6.42. The molecule has 0 bridgehead atoms. The molecule has 8 heteroatoms. The molecule has 0 aromatic carbocycles. The van der Waals surface area contributed by atoms with Crippen molar-refractivity contribution < 1.29 is 18.3 Å². The van der Waals surface area contributed by atoms with Crippen LogP contribution in [0, 0.1) is 0 Å². The molecule has 1 atom stereocenters. The number of primary sulfonamides is 1. The number of carbonyl (C=O) groups is 1. The quantitative estimate of drug-likeness (QED) is 0.630. The van der Waals surface area contributed by atoms with Crippen LogP contribution in [0.25, 0.3) is 0 Å². The standard InChI is InChI=1S/C9H15N3O4S/c1-6(13)4-11-9(14)8-3-7(5-12(8)2)17(10,15)16/h3,5-6,13H,4H2,1-2H3,(H,11,14)(H2,10,15,16)/t6-/m1/s1. The van der Waals surface area contributed by atoms with Crippen LogP contribution in [0.2, 0.25) is 0 Å². The van der Waals surface area contributed by atoms with Gasteiger partial charge >= 0.3 is 0 Å². The van der Waals surface area contributed by atoms with E-state index in [1.165, 1.54) is 30.8 Å². The molecule has 0 radical (unpaired) electrons. The molecule has 4 N–H and O–H groups in total. The van der Waals surface area contributed by atoms with Crippen LogP contribution in [0.15, 0.2) is 17.2 Å². The SMILES string of the molecule is C[C@@H](O)CNC(=O)c1cc(S(N)(=O)=O)cn1C. The van der Waals surface area contributed by atoms with Crippen molar-refractivity contribution >= 4 is 15.9 Å². The van der Waals surface area contributed by atoms with Crippen molar-refractivity contribution in [2.24, 2.45) is 12.2 Å². The first-order valence-electron chi connectivity index (χ1n) is 4.87. The number of rotatable bonds is 4. The van der Waals surface area contributed by atoms with Gasteiger partial charge < -0.3 is 15.0 Å². The minimum Gasteiger partial charge on any atom is -0.392 e. The molecule has 1 heterocycles. The maximum Gasteiger partial charge on any atom is 0.268 e. The lowest BCUT2D eigenvalue weighted by Gasteiger charge is -2.07. The molecule has 0 saturated carbocycles. The lowest BCUT2D eigenvalue weighted by molar-refractivity contribution is 0.0916. The first kappa shape index (κ1) is 13.7. The number of nitrogens with one attached hydrogen (secondary N) is 1. The largest absolute Gasteiger partial charge is 0.392 e. The highest BCUT2D eigenvalue weighted by Gasteiger charge is 2.17. The zero-order valence-corrected chi connectivity index (χ0v) is 10.4. The summed E-state index contributed by atoms with van der Waals surface area (Å²) in [5.41, 5.74) is 0.162. The number of aliphatic hydroxyl groups is 1. The second-order valence-electron chi connectivity index (χ2n) is 3.78. The number of aryl methyl sites for hydroxylation is 1. The third-order valence-electron chi connectivity index (χ3n) is 2.10. The third kappa shape index (κ3) is 3.55. The Kier molecular flexibility index (Phi) is 3.91. The molecule has 0 aliphatic carbocycles. The first-order chi connectivity index (χ1) is 7.71. The van der Waals surface area contributed by atoms with Gasteiger partial charge in [0.25, 0.3) is 5.91 Å². The summed E-state index contributed by atoms with van der Waals surface area (Å²) in [5, 5.41) is 16.4. The summed E-state index contributed by atoms with van der Waals surface area (Å²) in [6.07, 6.45) is 0.587. The van der Waals surface area contributed by atoms with E-state index in [9.17, 15) is 13.2 Å². The van der Waals surface area contributed by atoms with Crippen LogP contribution < -0.4 is 10.5 Å². The van der Waals surface area contributed by atoms with Crippen molar-refractivity contribution in [3.8, 4) is 0 Å². The van der Waals surface area contributed by atoms with E-state index in [0.717, 1.165) is 0 Å². The van der Waals surface area contributed by atoms with Gasteiger partial charge in [-0.25, -0.2) is 13.6 Å². The summed E-state index contributed by atoms with van der Waals surface area (Å²) in [6.45, 7) is 1.62. The number of nitrogens with zero attached hydrogens (tertiary/aromatic N) is 1. The van der Waals surface area contributed by atoms with Crippen LogP contribution in [0.3, 0.4) is 0 Å². The average molecular weight is 261 g/mol. The fourth-order valence-electron chi connectivity index (χ4n) is 1.25. The molecule has 0 spiro atoms. The zero-order chi connectivity index (χ0) is 13.2. The number of hydrogen-bond acceptors (Lipinski definition) is 4. The van der Waals surface area contributed by atoms with Crippen LogP contribution in [-0.2, 0) is 17.1 Å². The highest BCUT2D eigenvalue weighted by Crippen LogP contribution is 2.11. The molecule has 1 aromatic heterocycles. The Morgan fingerprint density at radius 2 is 2.24 bits per heavy atom. The van der Waals surface area contributed by atoms with Gasteiger partial charge in [-0.05, 0) is 13.0 Å². The van der Waals surface area contributed by atoms with Crippen molar-refractivity contribution in [2.75, 3.05) is 6.54 Å². The van der Waals surface area contributed by atoms with Crippen molar-refractivity contribution in [2.45, 2.75) is 17.9 Å². The van der Waals surface area contributed by atoms with Crippen molar-refractivity contribution in [3.05, 3.63) is 18.0 Å². The lowest BCUT2D eigenvalue weighted by atomic mass is 10.3. The van der Waals surface area contributed by atoms with Crippen LogP contribution in [-0.4, -0.2) is 36.6 Å². The van der Waals surface area contributed by atoms with Gasteiger partial charge in [0.15, 0.2) is 0 Å². The number of nitrogens with two attached hydrogens (primary N) is 1. The maximum atomic E-state index is 11.6. The number of amides is 1. The van der Waals surface area contributed by atoms with E-state index in [-0.39, 0.29) is 17.1 Å². The van der Waals surface area contributed by atoms with Gasteiger partial charge in [0, 0.05) is 19.8 Å². The summed E-state index contributed by atoms with van der Waals surface area (Å²) < 4.78 is 23.5. The monoisotopic (exact) mass is 261 g/mol. The van der Waals surface area contributed by atoms with Crippen LogP contribution in [0.4, 0.5) is 0 Å². The fourth-order valence-corrected chi connectivity index (χ4v) is 1.83. The van der Waals surface area contributed by atoms with Gasteiger partial charge in [-0.1, -0.05) is 0 Å². The van der Waals surface area contributed by atoms with Gasteiger partial charge in [-0.15, -0.1) is 0 Å². The van der Waals surface area contributed by atoms with E-state index >= 15 is 0 Å². The number of aliphatic hydroxyl groups excluding tert-OH is 1. The summed E-state index contributed by atoms with van der Waals surface area (Å²) >= 11 is 0. The Labute approximate surface area is 99.3 Å². The molecule has 17 heavy (non-hydrogen) atoms. The molecular formula is C9H15N3O4S. The van der Waals surface area contributed by atoms with Gasteiger partial charge in [-0.3, -0.25) is 4.79 Å². The third-order valence-corrected chi connectivity index (χ3v) is 2.98. The van der Waals surface area contributed by atoms with Gasteiger partial charge in [0.05, 0.1) is 6.10 Å². The van der Waals surface area contributed by atoms with Gasteiger partial charge in [0.2, 0.25) is 10.0 Å². The number of sulfonamides is 1. The highest BCUT2D eigenvalue weighted by molar-refractivity contribution is 7.89. The smallest absolute Gasteiger partial charge is 0.268 e. The summed E-state index contributed by atoms with van der Waals surface area (Å²) in [5.74, 6) is -0.469. The van der Waals surface area contributed by atoms with E-state index < -0.39 is 22.0 Å². The second-order valence-corrected chi connectivity index (χ2v) is 5.34. The topological polar surface area (TPSA) is 114 Å². The Balaban J connectivity index is 2.92. The van der Waals surface area contributed by atoms with Crippen LogP contribution >= 0.6 is 0 Å². The summed E-state index contributed by atoms with van der Waals surface area (Å²) in [4.78, 5) is 11.5. The predicted molar refractivity (Wildman–Crippen MR) is 60.8 cm³/mol. The molecule has 0 unspecified atom stereocenters. The molecule has 0 saturated heterocycles. The Hall–Kier alpha value is -1.38. The normalized spacial score (nSPS) is 13.4. The summed E-state index contributed by atoms with van der Waals surface area (Å²) in [7, 11) is -2.29. The molecule has 0 aliphatic rings. The number of carbonyl (C=O) groups excluding carboxylic acids is 1. The molecule has 0 fully saturated rings. The van der Waals surface area contributed by atoms with E-state index in [1.807, 2.05) is 0 Å². The lowest BCUT2D eigenvalue weighted by Crippen LogP contribution is -2.31. The Morgan fingerprint density at radius 1 is 1.65 bits per heavy atom. The Morgan fingerprint density at radius 3 is 2.65 bits per heavy atom. The predicted octanol–water partition coefficient (Wildman–Crippen LogP) is -1.22. The maximum absolute atomic E-state index is 11.6. The molecule has 0 aliphatic heterocycles. The van der Waals surface area contributed by atoms with Gasteiger partial charge in [0.1, 0.15) is 10.6 Å². The molecule has 1 amide bonds. The van der Waals surface area contributed by atoms with E-state index in [0.29, 0.717) is 0 Å². The average Bonchev–Trinajstić information content (AvgIpc) is 2.56. The fraction of sp³-hybridized carbons (Fsp3) is 0.444. The highest BCUT2D eigenvalue weighted by atomic mass is 32.2. The van der Waals surface area contributed by atoms with Crippen molar-refractivity contribution in [3.63, 3.8) is 0 Å². The molecule has 7 nitrogen and oxygen atoms in total. The van der Waals surface area contributed by atoms with Crippen LogP contribution in [0.5, 0.6) is 0 Å². The van der Waals surface area contributed by atoms with E-state index in [1.54, 1.807) is 0 Å². The number of aromatic nitrogens is 1. The molecule has 1 aromatic rings. The molecular weight excluding hydrogens is 246 g/mol. The molecule has 96 valence electrons. The van der Waals surface area contributed by atoms with Gasteiger partial charge in [-0.2, -0.15) is 0 Å². The molecule has 1 rings (SSSR count). The number of hydrogen-bond donors (Lipinski definition) is 3. The minimum absolute atomic E-state index is 0.0920.